The number of benzene rings is 1. The normalized spacial score (nSPS) is 10.3. The van der Waals surface area contributed by atoms with E-state index in [9.17, 15) is 4.79 Å². The molecule has 0 unspecified atom stereocenters. The van der Waals surface area contributed by atoms with Crippen LogP contribution in [0.4, 0.5) is 5.13 Å². The van der Waals surface area contributed by atoms with Crippen molar-refractivity contribution in [3.05, 3.63) is 64.9 Å². The summed E-state index contributed by atoms with van der Waals surface area (Å²) in [6, 6.07) is 11.1. The highest BCUT2D eigenvalue weighted by Crippen LogP contribution is 2.21. The molecule has 0 fully saturated rings. The molecule has 1 N–H and O–H groups in total. The number of methoxy groups -OCH3 is 1. The van der Waals surface area contributed by atoms with Gasteiger partial charge in [-0.1, -0.05) is 23.5 Å². The number of hydrogen-bond donors (Lipinski definition) is 1. The molecule has 3 rings (SSSR count). The maximum atomic E-state index is 12.0. The molecule has 6 nitrogen and oxygen atoms in total. The van der Waals surface area contributed by atoms with Crippen LogP contribution in [0.25, 0.3) is 0 Å². The van der Waals surface area contributed by atoms with E-state index in [0.717, 1.165) is 16.3 Å². The summed E-state index contributed by atoms with van der Waals surface area (Å²) in [5.74, 6) is 0.578. The van der Waals surface area contributed by atoms with Crippen molar-refractivity contribution in [2.45, 2.75) is 6.42 Å². The number of amides is 1. The van der Waals surface area contributed by atoms with E-state index in [1.165, 1.54) is 11.3 Å². The predicted molar refractivity (Wildman–Crippen MR) is 87.9 cm³/mol. The van der Waals surface area contributed by atoms with Gasteiger partial charge in [-0.15, -0.1) is 10.2 Å². The smallest absolute Gasteiger partial charge is 0.257 e. The van der Waals surface area contributed by atoms with Gasteiger partial charge in [0.05, 0.1) is 7.11 Å². The average Bonchev–Trinajstić information content (AvgIpc) is 3.02. The average molecular weight is 326 g/mol. The molecule has 0 saturated heterocycles. The third-order valence-corrected chi connectivity index (χ3v) is 3.96. The van der Waals surface area contributed by atoms with Gasteiger partial charge in [-0.25, -0.2) is 0 Å². The zero-order valence-corrected chi connectivity index (χ0v) is 13.2. The lowest BCUT2D eigenvalue weighted by atomic mass is 10.1. The van der Waals surface area contributed by atoms with Crippen LogP contribution < -0.4 is 10.1 Å². The Labute approximate surface area is 137 Å². The van der Waals surface area contributed by atoms with E-state index < -0.39 is 0 Å². The van der Waals surface area contributed by atoms with Crippen molar-refractivity contribution in [3.63, 3.8) is 0 Å². The predicted octanol–water partition coefficient (Wildman–Crippen LogP) is 2.78. The minimum Gasteiger partial charge on any atom is -0.497 e. The summed E-state index contributed by atoms with van der Waals surface area (Å²) in [6.45, 7) is 0. The minimum atomic E-state index is -0.225. The quantitative estimate of drug-likeness (QED) is 0.780. The Hall–Kier alpha value is -2.80. The molecule has 0 aliphatic heterocycles. The van der Waals surface area contributed by atoms with Gasteiger partial charge in [0.2, 0.25) is 5.13 Å². The van der Waals surface area contributed by atoms with E-state index in [1.54, 1.807) is 31.6 Å². The highest BCUT2D eigenvalue weighted by atomic mass is 32.1. The number of ether oxygens (including phenoxy) is 1. The van der Waals surface area contributed by atoms with E-state index in [0.29, 0.717) is 17.1 Å². The second kappa shape index (κ2) is 6.97. The van der Waals surface area contributed by atoms with Crippen LogP contribution in [0.2, 0.25) is 0 Å². The van der Waals surface area contributed by atoms with Crippen LogP contribution in [0.3, 0.4) is 0 Å². The first-order valence-electron chi connectivity index (χ1n) is 6.91. The third kappa shape index (κ3) is 3.89. The molecule has 0 atom stereocenters. The molecule has 0 radical (unpaired) electrons. The number of pyridine rings is 1. The summed E-state index contributed by atoms with van der Waals surface area (Å²) in [4.78, 5) is 15.9. The zero-order chi connectivity index (χ0) is 16.1. The summed E-state index contributed by atoms with van der Waals surface area (Å²) in [5.41, 5.74) is 1.61. The number of anilines is 1. The maximum absolute atomic E-state index is 12.0. The van der Waals surface area contributed by atoms with E-state index in [1.807, 2.05) is 24.3 Å². The highest BCUT2D eigenvalue weighted by Gasteiger charge is 2.10. The topological polar surface area (TPSA) is 77.0 Å². The van der Waals surface area contributed by atoms with Gasteiger partial charge in [-0.3, -0.25) is 15.1 Å². The molecular formula is C16H14N4O2S. The Kier molecular flexibility index (Phi) is 4.58. The lowest BCUT2D eigenvalue weighted by Gasteiger charge is -2.02. The van der Waals surface area contributed by atoms with Crippen molar-refractivity contribution in [1.29, 1.82) is 0 Å². The van der Waals surface area contributed by atoms with Crippen LogP contribution in [-0.2, 0) is 6.42 Å². The van der Waals surface area contributed by atoms with E-state index in [4.69, 9.17) is 4.74 Å². The van der Waals surface area contributed by atoms with Gasteiger partial charge in [0.15, 0.2) is 0 Å². The largest absolute Gasteiger partial charge is 0.497 e. The van der Waals surface area contributed by atoms with Gasteiger partial charge in [0, 0.05) is 24.4 Å². The van der Waals surface area contributed by atoms with Crippen molar-refractivity contribution < 1.29 is 9.53 Å². The third-order valence-electron chi connectivity index (χ3n) is 3.12. The summed E-state index contributed by atoms with van der Waals surface area (Å²) in [5, 5.41) is 12.2. The molecule has 0 aliphatic rings. The SMILES string of the molecule is COc1cccc(Cc2nnc(NC(=O)c3ccncc3)s2)c1. The van der Waals surface area contributed by atoms with Crippen LogP contribution in [0, 0.1) is 0 Å². The second-order valence-electron chi connectivity index (χ2n) is 4.72. The first-order chi connectivity index (χ1) is 11.2. The molecule has 23 heavy (non-hydrogen) atoms. The van der Waals surface area contributed by atoms with Gasteiger partial charge >= 0.3 is 0 Å². The van der Waals surface area contributed by atoms with Crippen molar-refractivity contribution in [3.8, 4) is 5.75 Å². The van der Waals surface area contributed by atoms with Crippen LogP contribution in [-0.4, -0.2) is 28.2 Å². The number of nitrogens with zero attached hydrogens (tertiary/aromatic N) is 3. The fraction of sp³-hybridized carbons (Fsp3) is 0.125. The maximum Gasteiger partial charge on any atom is 0.257 e. The van der Waals surface area contributed by atoms with Gasteiger partial charge in [-0.05, 0) is 29.8 Å². The number of carbonyl (C=O) groups excluding carboxylic acids is 1. The summed E-state index contributed by atoms with van der Waals surface area (Å²) < 4.78 is 5.20. The van der Waals surface area contributed by atoms with Crippen molar-refractivity contribution in [1.82, 2.24) is 15.2 Å². The lowest BCUT2D eigenvalue weighted by Crippen LogP contribution is -2.11. The fourth-order valence-electron chi connectivity index (χ4n) is 2.01. The van der Waals surface area contributed by atoms with Crippen molar-refractivity contribution >= 4 is 22.4 Å². The van der Waals surface area contributed by atoms with E-state index in [-0.39, 0.29) is 5.91 Å². The van der Waals surface area contributed by atoms with Gasteiger partial charge < -0.3 is 4.74 Å². The molecule has 116 valence electrons. The molecule has 0 spiro atoms. The Morgan fingerprint density at radius 2 is 2.04 bits per heavy atom. The van der Waals surface area contributed by atoms with Crippen molar-refractivity contribution in [2.24, 2.45) is 0 Å². The molecular weight excluding hydrogens is 312 g/mol. The summed E-state index contributed by atoms with van der Waals surface area (Å²) in [6.07, 6.45) is 3.78. The van der Waals surface area contributed by atoms with Crippen LogP contribution in [0.5, 0.6) is 5.75 Å². The zero-order valence-electron chi connectivity index (χ0n) is 12.4. The Morgan fingerprint density at radius 3 is 2.83 bits per heavy atom. The number of carbonyl (C=O) groups is 1. The first-order valence-corrected chi connectivity index (χ1v) is 7.73. The standard InChI is InChI=1S/C16H14N4O2S/c1-22-13-4-2-3-11(9-13)10-14-19-20-16(23-14)18-15(21)12-5-7-17-8-6-12/h2-9H,10H2,1H3,(H,18,20,21). The molecule has 2 aromatic heterocycles. The molecule has 1 amide bonds. The number of rotatable bonds is 5. The molecule has 2 heterocycles. The second-order valence-corrected chi connectivity index (χ2v) is 5.78. The number of nitrogens with one attached hydrogen (secondary N) is 1. The molecule has 0 saturated carbocycles. The van der Waals surface area contributed by atoms with Gasteiger partial charge in [-0.2, -0.15) is 0 Å². The van der Waals surface area contributed by atoms with E-state index >= 15 is 0 Å². The summed E-state index contributed by atoms with van der Waals surface area (Å²) >= 11 is 1.35. The fourth-order valence-corrected chi connectivity index (χ4v) is 2.77. The van der Waals surface area contributed by atoms with Gasteiger partial charge in [0.1, 0.15) is 10.8 Å². The highest BCUT2D eigenvalue weighted by molar-refractivity contribution is 7.15. The van der Waals surface area contributed by atoms with Crippen LogP contribution in [0.1, 0.15) is 20.9 Å². The van der Waals surface area contributed by atoms with Crippen molar-refractivity contribution in [2.75, 3.05) is 12.4 Å². The van der Waals surface area contributed by atoms with Crippen LogP contribution >= 0.6 is 11.3 Å². The minimum absolute atomic E-state index is 0.225. The lowest BCUT2D eigenvalue weighted by molar-refractivity contribution is 0.102. The molecule has 0 aliphatic carbocycles. The Bertz CT molecular complexity index is 805. The number of aromatic nitrogens is 3. The summed E-state index contributed by atoms with van der Waals surface area (Å²) in [7, 11) is 1.64. The first kappa shape index (κ1) is 15.1. The molecule has 3 aromatic rings. The monoisotopic (exact) mass is 326 g/mol. The molecule has 0 bridgehead atoms. The Morgan fingerprint density at radius 1 is 1.22 bits per heavy atom. The van der Waals surface area contributed by atoms with Crippen LogP contribution in [0.15, 0.2) is 48.8 Å². The molecule has 7 heteroatoms. The Balaban J connectivity index is 1.67. The molecule has 1 aromatic carbocycles. The van der Waals surface area contributed by atoms with E-state index in [2.05, 4.69) is 20.5 Å². The number of hydrogen-bond acceptors (Lipinski definition) is 6. The van der Waals surface area contributed by atoms with Gasteiger partial charge in [0.25, 0.3) is 5.91 Å².